The number of nitrogens with one attached hydrogen (secondary N) is 1. The molecule has 1 N–H and O–H groups in total. The van der Waals surface area contributed by atoms with Gasteiger partial charge in [0.15, 0.2) is 0 Å². The lowest BCUT2D eigenvalue weighted by Crippen LogP contribution is -2.12. The number of aromatic nitrogens is 1. The molecule has 1 heterocycles. The molecule has 0 bridgehead atoms. The van der Waals surface area contributed by atoms with Gasteiger partial charge in [-0.05, 0) is 47.5 Å². The molecular formula is C20H19Cl3N2O. The molecule has 0 atom stereocenters. The number of nitrogens with zero attached hydrogens (tertiary/aromatic N) is 1. The van der Waals surface area contributed by atoms with Gasteiger partial charge in [-0.3, -0.25) is 4.98 Å². The fraction of sp³-hybridized carbons (Fsp3) is 0.150. The molecule has 136 valence electrons. The van der Waals surface area contributed by atoms with Gasteiger partial charge in [-0.15, -0.1) is 12.4 Å². The topological polar surface area (TPSA) is 34.1 Å². The second kappa shape index (κ2) is 10.4. The van der Waals surface area contributed by atoms with E-state index in [2.05, 4.69) is 16.4 Å². The van der Waals surface area contributed by atoms with Gasteiger partial charge in [0.05, 0.1) is 0 Å². The standard InChI is InChI=1S/C20H18Cl2N2O.ClH/c21-18-5-4-17(20(22)11-18)14-25-19-3-1-2-16(10-19)13-24-12-15-6-8-23-9-7-15;/h1-11,24H,12-14H2;1H. The van der Waals surface area contributed by atoms with Crippen molar-refractivity contribution < 1.29 is 4.74 Å². The molecule has 0 fully saturated rings. The van der Waals surface area contributed by atoms with Crippen molar-refractivity contribution in [3.63, 3.8) is 0 Å². The highest BCUT2D eigenvalue weighted by atomic mass is 35.5. The average Bonchev–Trinajstić information content (AvgIpc) is 2.62. The van der Waals surface area contributed by atoms with Crippen LogP contribution in [0.15, 0.2) is 67.0 Å². The fourth-order valence-corrected chi connectivity index (χ4v) is 2.86. The third-order valence-corrected chi connectivity index (χ3v) is 4.30. The van der Waals surface area contributed by atoms with Gasteiger partial charge >= 0.3 is 0 Å². The van der Waals surface area contributed by atoms with E-state index < -0.39 is 0 Å². The van der Waals surface area contributed by atoms with Crippen molar-refractivity contribution in [3.8, 4) is 5.75 Å². The zero-order valence-corrected chi connectivity index (χ0v) is 16.3. The van der Waals surface area contributed by atoms with Gasteiger partial charge in [0.2, 0.25) is 0 Å². The summed E-state index contributed by atoms with van der Waals surface area (Å²) < 4.78 is 5.85. The van der Waals surface area contributed by atoms with Crippen molar-refractivity contribution in [2.24, 2.45) is 0 Å². The van der Waals surface area contributed by atoms with Crippen LogP contribution in [0, 0.1) is 0 Å². The lowest BCUT2D eigenvalue weighted by atomic mass is 10.2. The zero-order chi connectivity index (χ0) is 17.5. The third-order valence-electron chi connectivity index (χ3n) is 3.72. The molecule has 0 saturated heterocycles. The Morgan fingerprint density at radius 3 is 2.42 bits per heavy atom. The Kier molecular flexibility index (Phi) is 8.20. The van der Waals surface area contributed by atoms with Crippen LogP contribution in [0.3, 0.4) is 0 Å². The zero-order valence-electron chi connectivity index (χ0n) is 14.0. The maximum Gasteiger partial charge on any atom is 0.120 e. The van der Waals surface area contributed by atoms with Crippen LogP contribution in [0.2, 0.25) is 10.0 Å². The molecule has 26 heavy (non-hydrogen) atoms. The molecule has 6 heteroatoms. The molecular weight excluding hydrogens is 391 g/mol. The summed E-state index contributed by atoms with van der Waals surface area (Å²) in [6.45, 7) is 1.97. The summed E-state index contributed by atoms with van der Waals surface area (Å²) in [6, 6.07) is 17.5. The molecule has 0 aliphatic carbocycles. The third kappa shape index (κ3) is 6.19. The number of hydrogen-bond acceptors (Lipinski definition) is 3. The number of ether oxygens (including phenoxy) is 1. The van der Waals surface area contributed by atoms with Crippen molar-refractivity contribution >= 4 is 35.6 Å². The van der Waals surface area contributed by atoms with Gasteiger partial charge in [-0.1, -0.05) is 41.4 Å². The van der Waals surface area contributed by atoms with Gasteiger partial charge in [0.25, 0.3) is 0 Å². The monoisotopic (exact) mass is 408 g/mol. The highest BCUT2D eigenvalue weighted by Crippen LogP contribution is 2.23. The Balaban J connectivity index is 0.00000243. The van der Waals surface area contributed by atoms with Crippen LogP contribution in [0.4, 0.5) is 0 Å². The number of pyridine rings is 1. The minimum Gasteiger partial charge on any atom is -0.489 e. The predicted molar refractivity (Wildman–Crippen MR) is 109 cm³/mol. The first kappa shape index (κ1) is 20.5. The van der Waals surface area contributed by atoms with Crippen LogP contribution < -0.4 is 10.1 Å². The SMILES string of the molecule is Cl.Clc1ccc(COc2cccc(CNCc3ccncc3)c2)c(Cl)c1. The normalized spacial score (nSPS) is 10.2. The molecule has 3 aromatic rings. The first-order valence-electron chi connectivity index (χ1n) is 7.96. The Hall–Kier alpha value is -1.78. The lowest BCUT2D eigenvalue weighted by molar-refractivity contribution is 0.306. The van der Waals surface area contributed by atoms with Gasteiger partial charge in [0.1, 0.15) is 12.4 Å². The van der Waals surface area contributed by atoms with E-state index in [1.807, 2.05) is 42.5 Å². The van der Waals surface area contributed by atoms with Crippen LogP contribution in [0.5, 0.6) is 5.75 Å². The van der Waals surface area contributed by atoms with Gasteiger partial charge in [0, 0.05) is 41.1 Å². The van der Waals surface area contributed by atoms with Crippen LogP contribution >= 0.6 is 35.6 Å². The summed E-state index contributed by atoms with van der Waals surface area (Å²) in [5.74, 6) is 0.814. The average molecular weight is 410 g/mol. The number of halogens is 3. The van der Waals surface area contributed by atoms with Crippen LogP contribution in [0.1, 0.15) is 16.7 Å². The highest BCUT2D eigenvalue weighted by molar-refractivity contribution is 6.35. The summed E-state index contributed by atoms with van der Waals surface area (Å²) in [5.41, 5.74) is 3.28. The fourth-order valence-electron chi connectivity index (χ4n) is 2.40. The lowest BCUT2D eigenvalue weighted by Gasteiger charge is -2.10. The van der Waals surface area contributed by atoms with E-state index >= 15 is 0 Å². The molecule has 0 aliphatic heterocycles. The van der Waals surface area contributed by atoms with Crippen molar-refractivity contribution in [3.05, 3.63) is 93.7 Å². The van der Waals surface area contributed by atoms with Gasteiger partial charge in [-0.2, -0.15) is 0 Å². The summed E-state index contributed by atoms with van der Waals surface area (Å²) in [5, 5.41) is 4.65. The molecule has 0 amide bonds. The van der Waals surface area contributed by atoms with E-state index in [0.29, 0.717) is 16.7 Å². The smallest absolute Gasteiger partial charge is 0.120 e. The molecule has 0 saturated carbocycles. The first-order valence-corrected chi connectivity index (χ1v) is 8.71. The number of rotatable bonds is 7. The van der Waals surface area contributed by atoms with E-state index in [9.17, 15) is 0 Å². The molecule has 3 rings (SSSR count). The van der Waals surface area contributed by atoms with E-state index in [1.54, 1.807) is 18.5 Å². The maximum atomic E-state index is 6.17. The number of benzene rings is 2. The Morgan fingerprint density at radius 2 is 1.65 bits per heavy atom. The Morgan fingerprint density at radius 1 is 0.885 bits per heavy atom. The molecule has 3 nitrogen and oxygen atoms in total. The van der Waals surface area contributed by atoms with E-state index in [0.717, 1.165) is 30.0 Å². The van der Waals surface area contributed by atoms with E-state index in [-0.39, 0.29) is 12.4 Å². The minimum absolute atomic E-state index is 0. The highest BCUT2D eigenvalue weighted by Gasteiger charge is 2.03. The van der Waals surface area contributed by atoms with Crippen molar-refractivity contribution in [1.29, 1.82) is 0 Å². The van der Waals surface area contributed by atoms with Crippen LogP contribution in [0.25, 0.3) is 0 Å². The molecule has 0 radical (unpaired) electrons. The number of hydrogen-bond donors (Lipinski definition) is 1. The van der Waals surface area contributed by atoms with Crippen molar-refractivity contribution in [2.45, 2.75) is 19.7 Å². The summed E-state index contributed by atoms with van der Waals surface area (Å²) in [6.07, 6.45) is 3.60. The Labute approximate surface area is 169 Å². The first-order chi connectivity index (χ1) is 12.2. The van der Waals surface area contributed by atoms with E-state index in [4.69, 9.17) is 27.9 Å². The maximum absolute atomic E-state index is 6.17. The Bertz CT molecular complexity index is 828. The molecule has 0 spiro atoms. The second-order valence-electron chi connectivity index (χ2n) is 5.63. The van der Waals surface area contributed by atoms with Crippen molar-refractivity contribution in [2.75, 3.05) is 0 Å². The molecule has 2 aromatic carbocycles. The summed E-state index contributed by atoms with van der Waals surface area (Å²) in [4.78, 5) is 4.02. The van der Waals surface area contributed by atoms with Crippen LogP contribution in [-0.4, -0.2) is 4.98 Å². The summed E-state index contributed by atoms with van der Waals surface area (Å²) >= 11 is 12.1. The largest absolute Gasteiger partial charge is 0.489 e. The summed E-state index contributed by atoms with van der Waals surface area (Å²) in [7, 11) is 0. The van der Waals surface area contributed by atoms with Gasteiger partial charge in [-0.25, -0.2) is 0 Å². The van der Waals surface area contributed by atoms with Gasteiger partial charge < -0.3 is 10.1 Å². The second-order valence-corrected chi connectivity index (χ2v) is 6.47. The predicted octanol–water partition coefficient (Wildman–Crippen LogP) is 5.68. The minimum atomic E-state index is 0. The van der Waals surface area contributed by atoms with Crippen LogP contribution in [-0.2, 0) is 19.7 Å². The molecule has 1 aromatic heterocycles. The molecule has 0 unspecified atom stereocenters. The quantitative estimate of drug-likeness (QED) is 0.545. The molecule has 0 aliphatic rings. The van der Waals surface area contributed by atoms with E-state index in [1.165, 1.54) is 5.56 Å². The van der Waals surface area contributed by atoms with Crippen molar-refractivity contribution in [1.82, 2.24) is 10.3 Å².